The summed E-state index contributed by atoms with van der Waals surface area (Å²) >= 11 is 1.42. The third-order valence-electron chi connectivity index (χ3n) is 4.44. The fraction of sp³-hybridized carbons (Fsp3) is 0.381. The largest absolute Gasteiger partial charge is 0.494 e. The Morgan fingerprint density at radius 3 is 2.61 bits per heavy atom. The minimum absolute atomic E-state index is 0.229. The van der Waals surface area contributed by atoms with E-state index in [0.717, 1.165) is 23.3 Å². The van der Waals surface area contributed by atoms with Crippen LogP contribution < -0.4 is 10.3 Å². The normalized spacial score (nSPS) is 12.1. The van der Waals surface area contributed by atoms with Gasteiger partial charge < -0.3 is 9.47 Å². The molecular weight excluding hydrogens is 376 g/mol. The number of nitrogens with zero attached hydrogens (tertiary/aromatic N) is 2. The molecule has 0 N–H and O–H groups in total. The van der Waals surface area contributed by atoms with E-state index in [9.17, 15) is 9.59 Å². The highest BCUT2D eigenvalue weighted by molar-refractivity contribution is 7.17. The Morgan fingerprint density at radius 1 is 1.21 bits per heavy atom. The van der Waals surface area contributed by atoms with Gasteiger partial charge >= 0.3 is 5.97 Å². The summed E-state index contributed by atoms with van der Waals surface area (Å²) in [5.74, 6) is 0.386. The van der Waals surface area contributed by atoms with Gasteiger partial charge in [-0.25, -0.2) is 9.78 Å². The molecule has 1 atom stereocenters. The quantitative estimate of drug-likeness (QED) is 0.523. The molecule has 6 nitrogen and oxygen atoms in total. The van der Waals surface area contributed by atoms with Gasteiger partial charge in [-0.15, -0.1) is 11.3 Å². The van der Waals surface area contributed by atoms with Gasteiger partial charge in [0.2, 0.25) is 0 Å². The van der Waals surface area contributed by atoms with Gasteiger partial charge in [-0.3, -0.25) is 9.36 Å². The summed E-state index contributed by atoms with van der Waals surface area (Å²) in [6.07, 6.45) is 2.84. The molecule has 0 aliphatic rings. The van der Waals surface area contributed by atoms with Crippen LogP contribution in [0.2, 0.25) is 0 Å². The highest BCUT2D eigenvalue weighted by atomic mass is 32.1. The number of carbonyl (C=O) groups excluding carboxylic acids is 1. The number of aromatic nitrogens is 2. The van der Waals surface area contributed by atoms with Gasteiger partial charge in [0.1, 0.15) is 16.6 Å². The number of carbonyl (C=O) groups is 1. The van der Waals surface area contributed by atoms with E-state index >= 15 is 0 Å². The molecule has 0 aliphatic heterocycles. The van der Waals surface area contributed by atoms with Crippen molar-refractivity contribution in [3.8, 4) is 16.9 Å². The number of thiophene rings is 1. The molecule has 0 saturated carbocycles. The van der Waals surface area contributed by atoms with E-state index in [2.05, 4.69) is 11.9 Å². The van der Waals surface area contributed by atoms with Gasteiger partial charge in [-0.2, -0.15) is 0 Å². The first kappa shape index (κ1) is 20.1. The number of hydrogen-bond donors (Lipinski definition) is 0. The molecule has 2 heterocycles. The van der Waals surface area contributed by atoms with Crippen LogP contribution >= 0.6 is 11.3 Å². The van der Waals surface area contributed by atoms with Crippen LogP contribution in [0.1, 0.15) is 39.7 Å². The summed E-state index contributed by atoms with van der Waals surface area (Å²) in [7, 11) is 0. The minimum Gasteiger partial charge on any atom is -0.494 e. The summed E-state index contributed by atoms with van der Waals surface area (Å²) in [4.78, 5) is 30.5. The molecule has 3 aromatic rings. The SMILES string of the molecule is CCCOc1ccc(-c2csc3ncn(C(CC)C(=O)OCC)c(=O)c23)cc1. The van der Waals surface area contributed by atoms with Gasteiger partial charge in [-0.05, 0) is 37.5 Å². The molecule has 1 aromatic carbocycles. The van der Waals surface area contributed by atoms with E-state index in [4.69, 9.17) is 9.47 Å². The highest BCUT2D eigenvalue weighted by Gasteiger charge is 2.23. The summed E-state index contributed by atoms with van der Waals surface area (Å²) in [6, 6.07) is 6.99. The molecule has 0 saturated heterocycles. The summed E-state index contributed by atoms with van der Waals surface area (Å²) < 4.78 is 12.1. The molecule has 148 valence electrons. The van der Waals surface area contributed by atoms with Crippen LogP contribution in [0.3, 0.4) is 0 Å². The lowest BCUT2D eigenvalue weighted by molar-refractivity contribution is -0.147. The van der Waals surface area contributed by atoms with Crippen LogP contribution in [-0.4, -0.2) is 28.7 Å². The third kappa shape index (κ3) is 3.94. The van der Waals surface area contributed by atoms with Crippen molar-refractivity contribution < 1.29 is 14.3 Å². The van der Waals surface area contributed by atoms with Crippen molar-refractivity contribution in [2.75, 3.05) is 13.2 Å². The van der Waals surface area contributed by atoms with Gasteiger partial charge in [0, 0.05) is 10.9 Å². The summed E-state index contributed by atoms with van der Waals surface area (Å²) in [5, 5.41) is 2.45. The molecular formula is C21H24N2O4S. The maximum Gasteiger partial charge on any atom is 0.329 e. The van der Waals surface area contributed by atoms with E-state index < -0.39 is 12.0 Å². The summed E-state index contributed by atoms with van der Waals surface area (Å²) in [5.41, 5.74) is 1.50. The van der Waals surface area contributed by atoms with Gasteiger partial charge in [0.15, 0.2) is 0 Å². The number of hydrogen-bond acceptors (Lipinski definition) is 6. The molecule has 7 heteroatoms. The second-order valence-electron chi connectivity index (χ2n) is 6.34. The van der Waals surface area contributed by atoms with Crippen molar-refractivity contribution in [1.82, 2.24) is 9.55 Å². The average Bonchev–Trinajstić information content (AvgIpc) is 3.14. The molecule has 3 rings (SSSR count). The number of esters is 1. The first-order valence-corrected chi connectivity index (χ1v) is 10.4. The highest BCUT2D eigenvalue weighted by Crippen LogP contribution is 2.32. The van der Waals surface area contributed by atoms with Crippen molar-refractivity contribution >= 4 is 27.5 Å². The zero-order valence-electron chi connectivity index (χ0n) is 16.3. The molecule has 0 amide bonds. The summed E-state index contributed by atoms with van der Waals surface area (Å²) in [6.45, 7) is 6.60. The van der Waals surface area contributed by atoms with Crippen molar-refractivity contribution in [3.63, 3.8) is 0 Å². The van der Waals surface area contributed by atoms with Crippen LogP contribution in [0.25, 0.3) is 21.3 Å². The molecule has 0 bridgehead atoms. The predicted octanol–water partition coefficient (Wildman–Crippen LogP) is 4.43. The number of ether oxygens (including phenoxy) is 2. The van der Waals surface area contributed by atoms with Crippen molar-refractivity contribution in [3.05, 3.63) is 46.3 Å². The second-order valence-corrected chi connectivity index (χ2v) is 7.19. The van der Waals surface area contributed by atoms with Crippen molar-refractivity contribution in [1.29, 1.82) is 0 Å². The van der Waals surface area contributed by atoms with Gasteiger partial charge in [0.25, 0.3) is 5.56 Å². The zero-order valence-corrected chi connectivity index (χ0v) is 17.1. The smallest absolute Gasteiger partial charge is 0.329 e. The Kier molecular flexibility index (Phi) is 6.46. The van der Waals surface area contributed by atoms with E-state index in [1.165, 1.54) is 22.2 Å². The molecule has 0 fully saturated rings. The Bertz CT molecular complexity index is 1010. The molecule has 0 radical (unpaired) electrons. The fourth-order valence-electron chi connectivity index (χ4n) is 3.05. The Balaban J connectivity index is 2.03. The Morgan fingerprint density at radius 2 is 1.96 bits per heavy atom. The molecule has 1 unspecified atom stereocenters. The zero-order chi connectivity index (χ0) is 20.1. The van der Waals surface area contributed by atoms with Crippen LogP contribution in [0, 0.1) is 0 Å². The molecule has 28 heavy (non-hydrogen) atoms. The van der Waals surface area contributed by atoms with Crippen LogP contribution in [-0.2, 0) is 9.53 Å². The van der Waals surface area contributed by atoms with E-state index in [0.29, 0.717) is 23.2 Å². The van der Waals surface area contributed by atoms with E-state index in [1.807, 2.05) is 36.6 Å². The monoisotopic (exact) mass is 400 g/mol. The third-order valence-corrected chi connectivity index (χ3v) is 5.33. The topological polar surface area (TPSA) is 70.4 Å². The Labute approximate surface area is 167 Å². The lowest BCUT2D eigenvalue weighted by atomic mass is 10.1. The maximum absolute atomic E-state index is 13.2. The fourth-order valence-corrected chi connectivity index (χ4v) is 3.95. The predicted molar refractivity (Wildman–Crippen MR) is 111 cm³/mol. The first-order chi connectivity index (χ1) is 13.6. The Hall–Kier alpha value is -2.67. The number of benzene rings is 1. The lowest BCUT2D eigenvalue weighted by Gasteiger charge is -2.16. The minimum atomic E-state index is -0.679. The van der Waals surface area contributed by atoms with Crippen molar-refractivity contribution in [2.45, 2.75) is 39.7 Å². The molecule has 2 aromatic heterocycles. The van der Waals surface area contributed by atoms with Crippen LogP contribution in [0.4, 0.5) is 0 Å². The first-order valence-electron chi connectivity index (χ1n) is 9.48. The van der Waals surface area contributed by atoms with Crippen LogP contribution in [0.5, 0.6) is 5.75 Å². The maximum atomic E-state index is 13.2. The van der Waals surface area contributed by atoms with E-state index in [1.54, 1.807) is 6.92 Å². The number of fused-ring (bicyclic) bond motifs is 1. The number of rotatable bonds is 8. The van der Waals surface area contributed by atoms with E-state index in [-0.39, 0.29) is 12.2 Å². The van der Waals surface area contributed by atoms with Crippen molar-refractivity contribution in [2.24, 2.45) is 0 Å². The molecule has 0 aliphatic carbocycles. The lowest BCUT2D eigenvalue weighted by Crippen LogP contribution is -2.31. The van der Waals surface area contributed by atoms with Gasteiger partial charge in [0.05, 0.1) is 24.9 Å². The second kappa shape index (κ2) is 9.01. The standard InChI is InChI=1S/C21H24N2O4S/c1-4-11-27-15-9-7-14(8-10-15)16-12-28-19-18(16)20(24)23(13-22-19)17(5-2)21(25)26-6-3/h7-10,12-13,17H,4-6,11H2,1-3H3. The molecule has 0 spiro atoms. The van der Waals surface area contributed by atoms with Crippen LogP contribution in [0.15, 0.2) is 40.8 Å². The van der Waals surface area contributed by atoms with Gasteiger partial charge in [-0.1, -0.05) is 26.0 Å². The average molecular weight is 401 g/mol.